The van der Waals surface area contributed by atoms with Gasteiger partial charge in [-0.3, -0.25) is 4.79 Å². The number of hydrogen-bond acceptors (Lipinski definition) is 4. The van der Waals surface area contributed by atoms with Crippen LogP contribution in [0.25, 0.3) is 0 Å². The maximum Gasteiger partial charge on any atom is 0.306 e. The minimum atomic E-state index is -0.738. The van der Waals surface area contributed by atoms with Crippen molar-refractivity contribution < 1.29 is 19.5 Å². The monoisotopic (exact) mass is 192 g/mol. The molecular weight excluding hydrogens is 180 g/mol. The number of aliphatic carboxylic acids is 1. The molecule has 1 fully saturated rings. The third-order valence-corrected chi connectivity index (χ3v) is 2.94. The quantitative estimate of drug-likeness (QED) is 0.405. The van der Waals surface area contributed by atoms with Crippen molar-refractivity contribution in [3.8, 4) is 0 Å². The van der Waals surface area contributed by atoms with Gasteiger partial charge >= 0.3 is 5.97 Å². The topological polar surface area (TPSA) is 66.8 Å². The molecule has 1 rings (SSSR count). The average Bonchev–Trinajstić information content (AvgIpc) is 2.05. The van der Waals surface area contributed by atoms with Crippen LogP contribution in [0.3, 0.4) is 0 Å². The first kappa shape index (κ1) is 9.83. The van der Waals surface area contributed by atoms with E-state index in [0.29, 0.717) is 6.42 Å². The van der Waals surface area contributed by atoms with Gasteiger partial charge in [0.15, 0.2) is 0 Å². The predicted molar refractivity (Wildman–Crippen MR) is 44.7 cm³/mol. The van der Waals surface area contributed by atoms with Gasteiger partial charge in [0.1, 0.15) is 0 Å². The van der Waals surface area contributed by atoms with Crippen LogP contribution in [0.2, 0.25) is 0 Å². The summed E-state index contributed by atoms with van der Waals surface area (Å²) in [5, 5.41) is 17.0. The molecule has 1 aliphatic rings. The van der Waals surface area contributed by atoms with Crippen molar-refractivity contribution in [1.29, 1.82) is 0 Å². The SMILES string of the molecule is O=C(O)C1CCCC(SOO)C1. The molecule has 0 bridgehead atoms. The van der Waals surface area contributed by atoms with E-state index in [4.69, 9.17) is 10.4 Å². The van der Waals surface area contributed by atoms with Crippen molar-refractivity contribution in [3.05, 3.63) is 0 Å². The molecule has 1 aliphatic carbocycles. The lowest BCUT2D eigenvalue weighted by Gasteiger charge is -2.23. The van der Waals surface area contributed by atoms with E-state index in [0.717, 1.165) is 31.3 Å². The average molecular weight is 192 g/mol. The molecular formula is C7H12O4S. The summed E-state index contributed by atoms with van der Waals surface area (Å²) in [6.45, 7) is 0. The normalized spacial score (nSPS) is 30.1. The smallest absolute Gasteiger partial charge is 0.306 e. The second kappa shape index (κ2) is 4.69. The molecule has 12 heavy (non-hydrogen) atoms. The van der Waals surface area contributed by atoms with E-state index in [-0.39, 0.29) is 11.2 Å². The number of hydrogen-bond donors (Lipinski definition) is 2. The lowest BCUT2D eigenvalue weighted by Crippen LogP contribution is -2.23. The van der Waals surface area contributed by atoms with Gasteiger partial charge in [0, 0.05) is 17.3 Å². The first-order valence-electron chi connectivity index (χ1n) is 3.93. The Morgan fingerprint density at radius 2 is 2.25 bits per heavy atom. The molecule has 0 aromatic carbocycles. The van der Waals surface area contributed by atoms with E-state index in [2.05, 4.69) is 4.33 Å². The Labute approximate surface area is 75.0 Å². The van der Waals surface area contributed by atoms with Gasteiger partial charge in [-0.05, 0) is 19.3 Å². The molecule has 0 amide bonds. The third-order valence-electron chi connectivity index (χ3n) is 2.15. The van der Waals surface area contributed by atoms with E-state index in [1.807, 2.05) is 0 Å². The van der Waals surface area contributed by atoms with Gasteiger partial charge in [-0.25, -0.2) is 5.26 Å². The van der Waals surface area contributed by atoms with Crippen molar-refractivity contribution in [2.45, 2.75) is 30.9 Å². The summed E-state index contributed by atoms with van der Waals surface area (Å²) in [4.78, 5) is 10.6. The molecule has 5 heteroatoms. The second-order valence-corrected chi connectivity index (χ2v) is 4.00. The Hall–Kier alpha value is -0.260. The van der Waals surface area contributed by atoms with Crippen LogP contribution in [0.5, 0.6) is 0 Å². The fourth-order valence-electron chi connectivity index (χ4n) is 1.52. The number of carboxylic acids is 1. The van der Waals surface area contributed by atoms with Crippen LogP contribution in [0, 0.1) is 5.92 Å². The molecule has 0 spiro atoms. The Morgan fingerprint density at radius 3 is 2.83 bits per heavy atom. The Kier molecular flexibility index (Phi) is 3.84. The summed E-state index contributed by atoms with van der Waals surface area (Å²) in [5.41, 5.74) is 0. The van der Waals surface area contributed by atoms with Crippen molar-refractivity contribution in [1.82, 2.24) is 0 Å². The van der Waals surface area contributed by atoms with Gasteiger partial charge in [0.25, 0.3) is 0 Å². The number of carbonyl (C=O) groups is 1. The van der Waals surface area contributed by atoms with E-state index < -0.39 is 5.97 Å². The summed E-state index contributed by atoms with van der Waals surface area (Å²) < 4.78 is 3.93. The molecule has 0 aromatic rings. The first-order chi connectivity index (χ1) is 5.74. The Balaban J connectivity index is 2.35. The van der Waals surface area contributed by atoms with E-state index >= 15 is 0 Å². The van der Waals surface area contributed by atoms with Crippen LogP contribution in [-0.4, -0.2) is 21.6 Å². The molecule has 0 radical (unpaired) electrons. The molecule has 2 N–H and O–H groups in total. The maximum atomic E-state index is 10.6. The predicted octanol–water partition coefficient (Wildman–Crippen LogP) is 1.77. The maximum absolute atomic E-state index is 10.6. The fourth-order valence-corrected chi connectivity index (χ4v) is 2.21. The van der Waals surface area contributed by atoms with Gasteiger partial charge in [0.05, 0.1) is 5.92 Å². The first-order valence-corrected chi connectivity index (χ1v) is 4.74. The lowest BCUT2D eigenvalue weighted by molar-refractivity contribution is -0.142. The van der Waals surface area contributed by atoms with Crippen molar-refractivity contribution in [2.24, 2.45) is 5.92 Å². The summed E-state index contributed by atoms with van der Waals surface area (Å²) >= 11 is 0.966. The fraction of sp³-hybridized carbons (Fsp3) is 0.857. The zero-order valence-electron chi connectivity index (χ0n) is 6.60. The highest BCUT2D eigenvalue weighted by atomic mass is 32.2. The van der Waals surface area contributed by atoms with E-state index in [9.17, 15) is 4.79 Å². The van der Waals surface area contributed by atoms with Crippen LogP contribution in [0.15, 0.2) is 0 Å². The third kappa shape index (κ3) is 2.66. The molecule has 0 saturated heterocycles. The highest BCUT2D eigenvalue weighted by Gasteiger charge is 2.27. The molecule has 0 aromatic heterocycles. The zero-order valence-corrected chi connectivity index (χ0v) is 7.42. The summed E-state index contributed by atoms with van der Waals surface area (Å²) in [5.74, 6) is -0.996. The Bertz CT molecular complexity index is 159. The highest BCUT2D eigenvalue weighted by Crippen LogP contribution is 2.32. The van der Waals surface area contributed by atoms with Crippen molar-refractivity contribution in [2.75, 3.05) is 0 Å². The lowest BCUT2D eigenvalue weighted by atomic mass is 9.89. The molecule has 0 heterocycles. The zero-order chi connectivity index (χ0) is 8.97. The van der Waals surface area contributed by atoms with Crippen LogP contribution in [0.4, 0.5) is 0 Å². The van der Waals surface area contributed by atoms with E-state index in [1.54, 1.807) is 0 Å². The molecule has 2 unspecified atom stereocenters. The largest absolute Gasteiger partial charge is 0.481 e. The van der Waals surface area contributed by atoms with Gasteiger partial charge < -0.3 is 5.11 Å². The summed E-state index contributed by atoms with van der Waals surface area (Å²) in [6.07, 6.45) is 3.17. The van der Waals surface area contributed by atoms with Gasteiger partial charge in [-0.2, -0.15) is 4.33 Å². The van der Waals surface area contributed by atoms with Crippen LogP contribution < -0.4 is 0 Å². The molecule has 0 aliphatic heterocycles. The van der Waals surface area contributed by atoms with Crippen LogP contribution in [-0.2, 0) is 9.13 Å². The molecule has 4 nitrogen and oxygen atoms in total. The Morgan fingerprint density at radius 1 is 1.50 bits per heavy atom. The minimum absolute atomic E-state index is 0.129. The standard InChI is InChI=1S/C7H12O4S/c8-7(9)5-2-1-3-6(4-5)12-11-10/h5-6,10H,1-4H2,(H,8,9). The molecule has 2 atom stereocenters. The van der Waals surface area contributed by atoms with Gasteiger partial charge in [0.2, 0.25) is 0 Å². The van der Waals surface area contributed by atoms with Gasteiger partial charge in [-0.1, -0.05) is 6.42 Å². The summed E-state index contributed by atoms with van der Waals surface area (Å²) in [7, 11) is 0. The minimum Gasteiger partial charge on any atom is -0.481 e. The van der Waals surface area contributed by atoms with Crippen molar-refractivity contribution in [3.63, 3.8) is 0 Å². The number of rotatable bonds is 3. The van der Waals surface area contributed by atoms with E-state index in [1.165, 1.54) is 0 Å². The summed E-state index contributed by atoms with van der Waals surface area (Å²) in [6, 6.07) is 0. The van der Waals surface area contributed by atoms with Crippen molar-refractivity contribution >= 4 is 18.0 Å². The second-order valence-electron chi connectivity index (χ2n) is 2.99. The molecule has 1 saturated carbocycles. The van der Waals surface area contributed by atoms with Crippen LogP contribution >= 0.6 is 12.0 Å². The molecule has 70 valence electrons. The van der Waals surface area contributed by atoms with Gasteiger partial charge in [-0.15, -0.1) is 0 Å². The van der Waals surface area contributed by atoms with Crippen LogP contribution in [0.1, 0.15) is 25.7 Å². The highest BCUT2D eigenvalue weighted by molar-refractivity contribution is 7.95. The number of carboxylic acid groups (broad SMARTS) is 1.